The van der Waals surface area contributed by atoms with Gasteiger partial charge in [0.2, 0.25) is 5.96 Å². The van der Waals surface area contributed by atoms with Gasteiger partial charge in [0.25, 0.3) is 0 Å². The summed E-state index contributed by atoms with van der Waals surface area (Å²) in [5, 5.41) is 10.7. The van der Waals surface area contributed by atoms with Crippen molar-refractivity contribution >= 4 is 5.96 Å². The Morgan fingerprint density at radius 1 is 1.59 bits per heavy atom. The van der Waals surface area contributed by atoms with Gasteiger partial charge in [0, 0.05) is 26.5 Å². The molecule has 1 rings (SSSR count). The molecule has 0 saturated carbocycles. The van der Waals surface area contributed by atoms with E-state index in [4.69, 9.17) is 10.6 Å². The lowest BCUT2D eigenvalue weighted by molar-refractivity contribution is 0.195. The van der Waals surface area contributed by atoms with Crippen molar-refractivity contribution in [2.45, 2.75) is 13.0 Å². The van der Waals surface area contributed by atoms with Crippen molar-refractivity contribution in [3.8, 4) is 0 Å². The monoisotopic (exact) mass is 238 g/mol. The highest BCUT2D eigenvalue weighted by atomic mass is 16.5. The van der Waals surface area contributed by atoms with Gasteiger partial charge in [-0.25, -0.2) is 10.8 Å². The molecule has 7 heteroatoms. The molecule has 7 nitrogen and oxygen atoms in total. The smallest absolute Gasteiger partial charge is 0.206 e. The van der Waals surface area contributed by atoms with Crippen LogP contribution in [0.2, 0.25) is 0 Å². The van der Waals surface area contributed by atoms with Crippen molar-refractivity contribution in [3.63, 3.8) is 0 Å². The molecule has 1 aromatic heterocycles. The maximum absolute atomic E-state index is 5.34. The van der Waals surface area contributed by atoms with Gasteiger partial charge >= 0.3 is 0 Å². The molecule has 0 aliphatic heterocycles. The third-order valence-corrected chi connectivity index (χ3v) is 1.98. The second kappa shape index (κ2) is 8.43. The van der Waals surface area contributed by atoms with Crippen LogP contribution in [0.4, 0.5) is 0 Å². The van der Waals surface area contributed by atoms with Crippen molar-refractivity contribution in [2.24, 2.45) is 10.8 Å². The molecule has 0 amide bonds. The number of rotatable bonds is 6. The van der Waals surface area contributed by atoms with Crippen molar-refractivity contribution in [1.29, 1.82) is 0 Å². The minimum atomic E-state index is 0.435. The maximum Gasteiger partial charge on any atom is 0.206 e. The third kappa shape index (κ3) is 5.79. The van der Waals surface area contributed by atoms with Crippen LogP contribution in [0.1, 0.15) is 12.1 Å². The van der Waals surface area contributed by atoms with Gasteiger partial charge in [-0.3, -0.25) is 5.43 Å². The van der Waals surface area contributed by atoms with E-state index in [1.807, 2.05) is 12.1 Å². The Hall–Kier alpha value is -1.73. The van der Waals surface area contributed by atoms with Gasteiger partial charge in [-0.2, -0.15) is 10.2 Å². The topological polar surface area (TPSA) is 97.4 Å². The first kappa shape index (κ1) is 13.3. The fourth-order valence-corrected chi connectivity index (χ4v) is 1.15. The number of guanidine groups is 1. The molecule has 0 fully saturated rings. The maximum atomic E-state index is 5.34. The van der Waals surface area contributed by atoms with E-state index < -0.39 is 0 Å². The molecule has 0 bridgehead atoms. The summed E-state index contributed by atoms with van der Waals surface area (Å²) in [6.07, 6.45) is 2.51. The van der Waals surface area contributed by atoms with Gasteiger partial charge in [-0.15, -0.1) is 0 Å². The Bertz CT molecular complexity index is 329. The summed E-state index contributed by atoms with van der Waals surface area (Å²) >= 11 is 0. The normalized spacial score (nSPS) is 11.3. The summed E-state index contributed by atoms with van der Waals surface area (Å²) in [4.78, 5) is 4.24. The summed E-state index contributed by atoms with van der Waals surface area (Å²) in [7, 11) is 1.67. The molecule has 1 aromatic rings. The zero-order valence-corrected chi connectivity index (χ0v) is 9.89. The van der Waals surface area contributed by atoms with Crippen LogP contribution in [-0.4, -0.2) is 36.4 Å². The van der Waals surface area contributed by atoms with Gasteiger partial charge in [-0.1, -0.05) is 0 Å². The fourth-order valence-electron chi connectivity index (χ4n) is 1.15. The Labute approximate surface area is 100 Å². The predicted octanol–water partition coefficient (Wildman–Crippen LogP) is -0.578. The number of hydrogen-bond acceptors (Lipinski definition) is 5. The summed E-state index contributed by atoms with van der Waals surface area (Å²) in [5.41, 5.74) is 3.29. The number of hydrogen-bond donors (Lipinski definition) is 3. The Balaban J connectivity index is 2.34. The average molecular weight is 238 g/mol. The molecule has 4 N–H and O–H groups in total. The lowest BCUT2D eigenvalue weighted by Crippen LogP contribution is -2.42. The Morgan fingerprint density at radius 3 is 3.12 bits per heavy atom. The lowest BCUT2D eigenvalue weighted by atomic mass is 10.4. The van der Waals surface area contributed by atoms with Gasteiger partial charge in [0.05, 0.1) is 12.2 Å². The summed E-state index contributed by atoms with van der Waals surface area (Å²) < 4.78 is 4.94. The zero-order valence-electron chi connectivity index (χ0n) is 9.89. The molecule has 0 saturated heterocycles. The largest absolute Gasteiger partial charge is 0.385 e. The molecule has 0 unspecified atom stereocenters. The molecule has 94 valence electrons. The number of aliphatic imine (C=N–C) groups is 1. The van der Waals surface area contributed by atoms with Crippen LogP contribution in [0, 0.1) is 0 Å². The first-order valence-corrected chi connectivity index (χ1v) is 5.37. The van der Waals surface area contributed by atoms with Crippen molar-refractivity contribution in [1.82, 2.24) is 20.9 Å². The highest BCUT2D eigenvalue weighted by Gasteiger charge is 1.96. The number of ether oxygens (including phenoxy) is 1. The second-order valence-electron chi connectivity index (χ2n) is 3.30. The van der Waals surface area contributed by atoms with Crippen molar-refractivity contribution in [3.05, 3.63) is 24.0 Å². The summed E-state index contributed by atoms with van der Waals surface area (Å²) in [5.74, 6) is 5.88. The minimum absolute atomic E-state index is 0.435. The van der Waals surface area contributed by atoms with Crippen LogP contribution in [0.15, 0.2) is 23.3 Å². The van der Waals surface area contributed by atoms with E-state index in [2.05, 4.69) is 25.9 Å². The fraction of sp³-hybridized carbons (Fsp3) is 0.500. The third-order valence-electron chi connectivity index (χ3n) is 1.98. The number of hydrazine groups is 1. The molecular formula is C10H18N6O. The Kier molecular flexibility index (Phi) is 6.61. The number of methoxy groups -OCH3 is 1. The molecule has 1 heterocycles. The molecule has 0 spiro atoms. The molecule has 0 aromatic carbocycles. The minimum Gasteiger partial charge on any atom is -0.385 e. The molecule has 0 radical (unpaired) electrons. The van der Waals surface area contributed by atoms with Crippen LogP contribution in [0.3, 0.4) is 0 Å². The first-order valence-electron chi connectivity index (χ1n) is 5.37. The summed E-state index contributed by atoms with van der Waals surface area (Å²) in [6, 6.07) is 3.68. The molecule has 17 heavy (non-hydrogen) atoms. The van der Waals surface area contributed by atoms with Gasteiger partial charge in [0.15, 0.2) is 0 Å². The number of nitrogens with two attached hydrogens (primary N) is 1. The molecule has 0 aliphatic carbocycles. The van der Waals surface area contributed by atoms with Crippen molar-refractivity contribution < 1.29 is 4.74 Å². The van der Waals surface area contributed by atoms with Crippen LogP contribution in [0.5, 0.6) is 0 Å². The second-order valence-corrected chi connectivity index (χ2v) is 3.30. The number of nitrogens with one attached hydrogen (secondary N) is 2. The van der Waals surface area contributed by atoms with Crippen molar-refractivity contribution in [2.75, 3.05) is 20.3 Å². The molecular weight excluding hydrogens is 220 g/mol. The lowest BCUT2D eigenvalue weighted by Gasteiger charge is -2.08. The van der Waals surface area contributed by atoms with E-state index in [-0.39, 0.29) is 0 Å². The van der Waals surface area contributed by atoms with Gasteiger partial charge < -0.3 is 10.1 Å². The van der Waals surface area contributed by atoms with Gasteiger partial charge in [-0.05, 0) is 18.6 Å². The number of aromatic nitrogens is 2. The van der Waals surface area contributed by atoms with E-state index in [9.17, 15) is 0 Å². The van der Waals surface area contributed by atoms with E-state index in [0.717, 1.165) is 18.7 Å². The highest BCUT2D eigenvalue weighted by molar-refractivity contribution is 5.79. The van der Waals surface area contributed by atoms with Gasteiger partial charge in [0.1, 0.15) is 0 Å². The standard InChI is InChI=1S/C10H18N6O/c1-17-7-3-5-12-10(15-11)13-8-9-4-2-6-14-16-9/h2,4,6H,3,5,7-8,11H2,1H3,(H2,12,13,15). The van der Waals surface area contributed by atoms with E-state index in [0.29, 0.717) is 19.1 Å². The highest BCUT2D eigenvalue weighted by Crippen LogP contribution is 1.93. The SMILES string of the molecule is COCCCNC(=NCc1cccnn1)NN. The van der Waals surface area contributed by atoms with E-state index in [1.54, 1.807) is 13.3 Å². The van der Waals surface area contributed by atoms with E-state index in [1.165, 1.54) is 0 Å². The quantitative estimate of drug-likeness (QED) is 0.202. The molecule has 0 atom stereocenters. The van der Waals surface area contributed by atoms with Crippen LogP contribution < -0.4 is 16.6 Å². The average Bonchev–Trinajstić information content (AvgIpc) is 2.39. The summed E-state index contributed by atoms with van der Waals surface area (Å²) in [6.45, 7) is 1.89. The van der Waals surface area contributed by atoms with Crippen LogP contribution >= 0.6 is 0 Å². The first-order chi connectivity index (χ1) is 8.36. The van der Waals surface area contributed by atoms with Crippen LogP contribution in [-0.2, 0) is 11.3 Å². The zero-order chi connectivity index (χ0) is 12.3. The number of nitrogens with zero attached hydrogens (tertiary/aromatic N) is 3. The van der Waals surface area contributed by atoms with Crippen LogP contribution in [0.25, 0.3) is 0 Å². The molecule has 0 aliphatic rings. The predicted molar refractivity (Wildman–Crippen MR) is 65.0 cm³/mol. The Morgan fingerprint density at radius 2 is 2.47 bits per heavy atom. The van der Waals surface area contributed by atoms with E-state index >= 15 is 0 Å².